The molecular weight excluding hydrogens is 368 g/mol. The van der Waals surface area contributed by atoms with Crippen molar-refractivity contribution in [2.45, 2.75) is 124 Å². The maximum atomic E-state index is 4.78. The van der Waals surface area contributed by atoms with Crippen LogP contribution in [0.5, 0.6) is 0 Å². The van der Waals surface area contributed by atoms with E-state index in [2.05, 4.69) is 0 Å². The summed E-state index contributed by atoms with van der Waals surface area (Å²) < 4.78 is 0. The lowest BCUT2D eigenvalue weighted by Crippen LogP contribution is -2.05. The minimum Gasteiger partial charge on any atom is -0.176 e. The van der Waals surface area contributed by atoms with Gasteiger partial charge in [-0.1, -0.05) is 51.4 Å². The molecule has 0 heterocycles. The Bertz CT molecular complexity index is 205. The topological polar surface area (TPSA) is 0 Å². The van der Waals surface area contributed by atoms with E-state index in [0.717, 1.165) is 0 Å². The van der Waals surface area contributed by atoms with Gasteiger partial charge in [0.25, 0.3) is 0 Å². The van der Waals surface area contributed by atoms with Crippen LogP contribution in [0.4, 0.5) is 0 Å². The Morgan fingerprint density at radius 1 is 0.292 bits per heavy atom. The summed E-state index contributed by atoms with van der Waals surface area (Å²) in [4.78, 5) is 0. The highest BCUT2D eigenvalue weighted by atomic mass is 32.1. The quantitative estimate of drug-likeness (QED) is 0.294. The van der Waals surface area contributed by atoms with E-state index in [4.69, 9.17) is 50.5 Å². The maximum Gasteiger partial charge on any atom is 0.00168 e. The molecule has 0 radical (unpaired) electrons. The number of rotatable bonds is 0. The Morgan fingerprint density at radius 3 is 0.542 bits per heavy atom. The molecule has 0 spiro atoms. The second-order valence-electron chi connectivity index (χ2n) is 7.75. The van der Waals surface area contributed by atoms with Crippen LogP contribution in [0.1, 0.15) is 103 Å². The molecule has 0 aromatic heterocycles. The summed E-state index contributed by atoms with van der Waals surface area (Å²) in [5, 5.41) is 2.39. The first-order valence-electron chi connectivity index (χ1n) is 10.3. The van der Waals surface area contributed by atoms with Crippen molar-refractivity contribution in [1.82, 2.24) is 0 Å². The number of hydrogen-bond acceptors (Lipinski definition) is 4. The second-order valence-corrected chi connectivity index (χ2v) is 10.7. The van der Waals surface area contributed by atoms with Crippen LogP contribution in [0.15, 0.2) is 0 Å². The van der Waals surface area contributed by atoms with Gasteiger partial charge in [0.1, 0.15) is 0 Å². The second kappa shape index (κ2) is 15.5. The first-order chi connectivity index (χ1) is 11.6. The molecule has 0 aromatic carbocycles. The van der Waals surface area contributed by atoms with Crippen molar-refractivity contribution in [2.75, 3.05) is 0 Å². The monoisotopic (exact) mass is 408 g/mol. The van der Waals surface area contributed by atoms with Gasteiger partial charge in [0.05, 0.1) is 0 Å². The zero-order valence-electron chi connectivity index (χ0n) is 15.4. The molecule has 1 rings (SSSR count). The van der Waals surface area contributed by atoms with Crippen LogP contribution in [-0.4, -0.2) is 21.0 Å². The first kappa shape index (κ1) is 23.4. The molecule has 0 nitrogen and oxygen atoms in total. The number of hydrogen-bond donors (Lipinski definition) is 4. The largest absolute Gasteiger partial charge is 0.176 e. The Hall–Kier alpha value is 1.40. The summed E-state index contributed by atoms with van der Waals surface area (Å²) in [5.74, 6) is 0. The van der Waals surface area contributed by atoms with Crippen LogP contribution in [0.25, 0.3) is 0 Å². The lowest BCUT2D eigenvalue weighted by molar-refractivity contribution is 0.521. The lowest BCUT2D eigenvalue weighted by atomic mass is 10.0. The van der Waals surface area contributed by atoms with Gasteiger partial charge >= 0.3 is 0 Å². The fraction of sp³-hybridized carbons (Fsp3) is 1.00. The molecule has 0 saturated heterocycles. The molecule has 0 atom stereocenters. The van der Waals surface area contributed by atoms with Gasteiger partial charge in [0, 0.05) is 21.0 Å². The molecule has 1 fully saturated rings. The Morgan fingerprint density at radius 2 is 0.417 bits per heavy atom. The standard InChI is InChI=1S/C20H40S4/c21-17-9-1-2-10-18(22)12-5-6-14-20(24)16-8-7-15-19(23)13-4-3-11-17/h17-24H,1-16H2. The van der Waals surface area contributed by atoms with Gasteiger partial charge in [0.15, 0.2) is 0 Å². The molecule has 24 heavy (non-hydrogen) atoms. The van der Waals surface area contributed by atoms with Gasteiger partial charge in [-0.25, -0.2) is 0 Å². The van der Waals surface area contributed by atoms with Gasteiger partial charge in [-0.15, -0.1) is 0 Å². The van der Waals surface area contributed by atoms with Crippen LogP contribution in [-0.2, 0) is 0 Å². The van der Waals surface area contributed by atoms with E-state index in [9.17, 15) is 0 Å². The van der Waals surface area contributed by atoms with Crippen LogP contribution >= 0.6 is 50.5 Å². The first-order valence-corrected chi connectivity index (χ1v) is 12.4. The summed E-state index contributed by atoms with van der Waals surface area (Å²) in [6.07, 6.45) is 20.7. The molecule has 0 unspecified atom stereocenters. The summed E-state index contributed by atoms with van der Waals surface area (Å²) in [6.45, 7) is 0. The summed E-state index contributed by atoms with van der Waals surface area (Å²) in [6, 6.07) is 0. The van der Waals surface area contributed by atoms with E-state index in [1.165, 1.54) is 103 Å². The zero-order chi connectivity index (χ0) is 17.6. The Labute approximate surface area is 173 Å². The third kappa shape index (κ3) is 13.6. The minimum absolute atomic E-state index is 0.597. The molecule has 1 saturated carbocycles. The molecule has 0 bridgehead atoms. The lowest BCUT2D eigenvalue weighted by Gasteiger charge is -2.16. The predicted molar refractivity (Wildman–Crippen MR) is 125 cm³/mol. The molecular formula is C20H40S4. The highest BCUT2D eigenvalue weighted by molar-refractivity contribution is 7.81. The summed E-state index contributed by atoms with van der Waals surface area (Å²) in [5.41, 5.74) is 0. The van der Waals surface area contributed by atoms with Crippen LogP contribution < -0.4 is 0 Å². The van der Waals surface area contributed by atoms with Crippen LogP contribution in [0.2, 0.25) is 0 Å². The van der Waals surface area contributed by atoms with Gasteiger partial charge < -0.3 is 0 Å². The molecule has 4 heteroatoms. The van der Waals surface area contributed by atoms with Gasteiger partial charge in [0.2, 0.25) is 0 Å². The average Bonchev–Trinajstić information content (AvgIpc) is 2.55. The Balaban J connectivity index is 2.29. The molecule has 1 aliphatic rings. The van der Waals surface area contributed by atoms with E-state index in [1.54, 1.807) is 0 Å². The van der Waals surface area contributed by atoms with Gasteiger partial charge in [-0.2, -0.15) is 50.5 Å². The number of thiol groups is 4. The average molecular weight is 409 g/mol. The van der Waals surface area contributed by atoms with Crippen molar-refractivity contribution in [3.05, 3.63) is 0 Å². The Kier molecular flexibility index (Phi) is 15.1. The van der Waals surface area contributed by atoms with E-state index in [0.29, 0.717) is 21.0 Å². The van der Waals surface area contributed by atoms with Crippen molar-refractivity contribution in [1.29, 1.82) is 0 Å². The van der Waals surface area contributed by atoms with E-state index in [1.807, 2.05) is 0 Å². The molecule has 144 valence electrons. The zero-order valence-corrected chi connectivity index (χ0v) is 19.0. The molecule has 0 N–H and O–H groups in total. The molecule has 0 amide bonds. The maximum absolute atomic E-state index is 4.78. The van der Waals surface area contributed by atoms with E-state index >= 15 is 0 Å². The van der Waals surface area contributed by atoms with Crippen LogP contribution in [0, 0.1) is 0 Å². The van der Waals surface area contributed by atoms with E-state index in [-0.39, 0.29) is 0 Å². The highest BCUT2D eigenvalue weighted by Crippen LogP contribution is 2.23. The van der Waals surface area contributed by atoms with Gasteiger partial charge in [-0.3, -0.25) is 0 Å². The van der Waals surface area contributed by atoms with Crippen molar-refractivity contribution < 1.29 is 0 Å². The molecule has 0 aromatic rings. The molecule has 0 aliphatic heterocycles. The fourth-order valence-corrected chi connectivity index (χ4v) is 5.08. The fourth-order valence-electron chi connectivity index (χ4n) is 3.62. The highest BCUT2D eigenvalue weighted by Gasteiger charge is 2.09. The molecule has 1 aliphatic carbocycles. The van der Waals surface area contributed by atoms with E-state index < -0.39 is 0 Å². The van der Waals surface area contributed by atoms with Crippen molar-refractivity contribution in [3.63, 3.8) is 0 Å². The smallest absolute Gasteiger partial charge is 0.00168 e. The van der Waals surface area contributed by atoms with Crippen molar-refractivity contribution >= 4 is 50.5 Å². The third-order valence-electron chi connectivity index (χ3n) is 5.30. The normalized spacial score (nSPS) is 34.5. The predicted octanol–water partition coefficient (Wildman–Crippen LogP) is 7.44. The van der Waals surface area contributed by atoms with Crippen molar-refractivity contribution in [2.24, 2.45) is 0 Å². The van der Waals surface area contributed by atoms with Crippen molar-refractivity contribution in [3.8, 4) is 0 Å². The van der Waals surface area contributed by atoms with Crippen LogP contribution in [0.3, 0.4) is 0 Å². The SMILES string of the molecule is SC1CCCCC(S)CCCCC(S)CCCCC(S)CCCC1. The summed E-state index contributed by atoms with van der Waals surface area (Å²) in [7, 11) is 0. The third-order valence-corrected chi connectivity index (χ3v) is 7.36. The summed E-state index contributed by atoms with van der Waals surface area (Å²) >= 11 is 19.1. The van der Waals surface area contributed by atoms with Gasteiger partial charge in [-0.05, 0) is 51.4 Å². The minimum atomic E-state index is 0.597.